The minimum atomic E-state index is -0.947. The molecule has 0 bridgehead atoms. The van der Waals surface area contributed by atoms with Gasteiger partial charge in [0.05, 0.1) is 18.1 Å². The molecule has 1 saturated heterocycles. The van der Waals surface area contributed by atoms with E-state index in [1.54, 1.807) is 6.92 Å². The quantitative estimate of drug-likeness (QED) is 0.744. The summed E-state index contributed by atoms with van der Waals surface area (Å²) in [6.07, 6.45) is 2.54. The summed E-state index contributed by atoms with van der Waals surface area (Å²) in [5.41, 5.74) is -0.947. The maximum absolute atomic E-state index is 11.8. The smallest absolute Gasteiger partial charge is 0.311 e. The molecule has 1 heterocycles. The third-order valence-corrected chi connectivity index (χ3v) is 3.21. The van der Waals surface area contributed by atoms with Gasteiger partial charge in [0.15, 0.2) is 0 Å². The van der Waals surface area contributed by atoms with Crippen molar-refractivity contribution in [2.45, 2.75) is 45.1 Å². The van der Waals surface area contributed by atoms with Crippen LogP contribution in [0.4, 0.5) is 0 Å². The van der Waals surface area contributed by atoms with E-state index in [1.807, 2.05) is 6.92 Å². The Hall–Kier alpha value is -0.610. The van der Waals surface area contributed by atoms with Crippen molar-refractivity contribution in [3.8, 4) is 0 Å². The molecule has 0 aromatic rings. The molecule has 4 nitrogen and oxygen atoms in total. The molecule has 0 aromatic carbocycles. The van der Waals surface area contributed by atoms with Crippen molar-refractivity contribution in [3.63, 3.8) is 0 Å². The highest BCUT2D eigenvalue weighted by Crippen LogP contribution is 2.32. The number of carbonyl (C=O) groups is 1. The Morgan fingerprint density at radius 2 is 2.19 bits per heavy atom. The van der Waals surface area contributed by atoms with Crippen LogP contribution >= 0.6 is 0 Å². The fraction of sp³-hybridized carbons (Fsp3) is 0.917. The van der Waals surface area contributed by atoms with Gasteiger partial charge in [-0.15, -0.1) is 0 Å². The summed E-state index contributed by atoms with van der Waals surface area (Å²) in [5.74, 6) is -0.705. The van der Waals surface area contributed by atoms with Gasteiger partial charge in [0, 0.05) is 19.6 Å². The van der Waals surface area contributed by atoms with E-state index in [1.165, 1.54) is 0 Å². The molecular formula is C12H22O4. The highest BCUT2D eigenvalue weighted by atomic mass is 16.5. The van der Waals surface area contributed by atoms with E-state index in [2.05, 4.69) is 0 Å². The van der Waals surface area contributed by atoms with Crippen LogP contribution in [0.2, 0.25) is 0 Å². The minimum absolute atomic E-state index is 0.283. The molecule has 0 amide bonds. The van der Waals surface area contributed by atoms with Gasteiger partial charge in [-0.1, -0.05) is 6.92 Å². The Bertz CT molecular complexity index is 219. The molecule has 0 saturated carbocycles. The third-order valence-electron chi connectivity index (χ3n) is 3.21. The highest BCUT2D eigenvalue weighted by molar-refractivity contribution is 5.73. The van der Waals surface area contributed by atoms with E-state index in [9.17, 15) is 9.90 Å². The van der Waals surface area contributed by atoms with Gasteiger partial charge in [-0.2, -0.15) is 0 Å². The number of ether oxygens (including phenoxy) is 2. The van der Waals surface area contributed by atoms with E-state index < -0.39 is 11.5 Å². The average molecular weight is 230 g/mol. The Kier molecular flexibility index (Phi) is 5.22. The largest absolute Gasteiger partial charge is 0.466 e. The van der Waals surface area contributed by atoms with Crippen LogP contribution in [-0.2, 0) is 14.3 Å². The Morgan fingerprint density at radius 1 is 1.44 bits per heavy atom. The first kappa shape index (κ1) is 13.5. The molecular weight excluding hydrogens is 208 g/mol. The van der Waals surface area contributed by atoms with Crippen LogP contribution in [0.25, 0.3) is 0 Å². The second-order valence-electron chi connectivity index (χ2n) is 4.28. The van der Waals surface area contributed by atoms with Crippen molar-refractivity contribution in [3.05, 3.63) is 0 Å². The van der Waals surface area contributed by atoms with Gasteiger partial charge in [0.2, 0.25) is 0 Å². The number of hydrogen-bond acceptors (Lipinski definition) is 4. The zero-order chi connectivity index (χ0) is 12.0. The van der Waals surface area contributed by atoms with Crippen LogP contribution in [0.1, 0.15) is 39.5 Å². The fourth-order valence-corrected chi connectivity index (χ4v) is 2.31. The molecule has 2 atom stereocenters. The van der Waals surface area contributed by atoms with Crippen LogP contribution in [0, 0.1) is 5.92 Å². The maximum atomic E-state index is 11.8. The molecule has 94 valence electrons. The number of hydrogen-bond donors (Lipinski definition) is 1. The molecule has 4 heteroatoms. The summed E-state index contributed by atoms with van der Waals surface area (Å²) < 4.78 is 10.3. The lowest BCUT2D eigenvalue weighted by Crippen LogP contribution is -2.43. The maximum Gasteiger partial charge on any atom is 0.311 e. The summed E-state index contributed by atoms with van der Waals surface area (Å²) in [7, 11) is 0. The van der Waals surface area contributed by atoms with Crippen molar-refractivity contribution in [2.75, 3.05) is 19.8 Å². The summed E-state index contributed by atoms with van der Waals surface area (Å²) in [5, 5.41) is 10.5. The molecule has 0 radical (unpaired) electrons. The molecule has 2 unspecified atom stereocenters. The van der Waals surface area contributed by atoms with Crippen LogP contribution in [0.3, 0.4) is 0 Å². The SMILES string of the molecule is CCOC(=O)C(CC)C1(O)CCCOCC1. The third kappa shape index (κ3) is 3.19. The number of carbonyl (C=O) groups excluding carboxylic acids is 1. The highest BCUT2D eigenvalue weighted by Gasteiger charge is 2.41. The van der Waals surface area contributed by atoms with Crippen molar-refractivity contribution in [1.82, 2.24) is 0 Å². The molecule has 1 N–H and O–H groups in total. The van der Waals surface area contributed by atoms with Crippen molar-refractivity contribution >= 4 is 5.97 Å². The van der Waals surface area contributed by atoms with Crippen LogP contribution < -0.4 is 0 Å². The standard InChI is InChI=1S/C12H22O4/c1-3-10(11(13)16-4-2)12(14)6-5-8-15-9-7-12/h10,14H,3-9H2,1-2H3. The second-order valence-corrected chi connectivity index (χ2v) is 4.28. The van der Waals surface area contributed by atoms with E-state index in [0.29, 0.717) is 39.1 Å². The average Bonchev–Trinajstić information content (AvgIpc) is 2.45. The lowest BCUT2D eigenvalue weighted by molar-refractivity contribution is -0.160. The first-order valence-electron chi connectivity index (χ1n) is 6.10. The van der Waals surface area contributed by atoms with Gasteiger partial charge in [-0.05, 0) is 26.2 Å². The first-order chi connectivity index (χ1) is 7.64. The topological polar surface area (TPSA) is 55.8 Å². The van der Waals surface area contributed by atoms with Crippen LogP contribution in [-0.4, -0.2) is 36.5 Å². The molecule has 16 heavy (non-hydrogen) atoms. The molecule has 1 aliphatic rings. The molecule has 1 rings (SSSR count). The van der Waals surface area contributed by atoms with Gasteiger partial charge in [-0.25, -0.2) is 0 Å². The predicted octanol–water partition coefficient (Wildman–Crippen LogP) is 1.51. The number of esters is 1. The predicted molar refractivity (Wildman–Crippen MR) is 60.0 cm³/mol. The van der Waals surface area contributed by atoms with E-state index in [-0.39, 0.29) is 5.97 Å². The van der Waals surface area contributed by atoms with E-state index in [0.717, 1.165) is 6.42 Å². The van der Waals surface area contributed by atoms with E-state index in [4.69, 9.17) is 9.47 Å². The second kappa shape index (κ2) is 6.21. The zero-order valence-electron chi connectivity index (χ0n) is 10.2. The van der Waals surface area contributed by atoms with Gasteiger partial charge < -0.3 is 14.6 Å². The lowest BCUT2D eigenvalue weighted by Gasteiger charge is -2.32. The Labute approximate surface area is 96.9 Å². The number of aliphatic hydroxyl groups is 1. The van der Waals surface area contributed by atoms with Crippen molar-refractivity contribution in [2.24, 2.45) is 5.92 Å². The summed E-state index contributed by atoms with van der Waals surface area (Å²) >= 11 is 0. The monoisotopic (exact) mass is 230 g/mol. The van der Waals surface area contributed by atoms with Crippen LogP contribution in [0.5, 0.6) is 0 Å². The number of rotatable bonds is 4. The summed E-state index contributed by atoms with van der Waals surface area (Å²) in [6, 6.07) is 0. The fourth-order valence-electron chi connectivity index (χ4n) is 2.31. The summed E-state index contributed by atoms with van der Waals surface area (Å²) in [4.78, 5) is 11.8. The molecule has 1 fully saturated rings. The minimum Gasteiger partial charge on any atom is -0.466 e. The Morgan fingerprint density at radius 3 is 2.81 bits per heavy atom. The normalized spacial score (nSPS) is 28.2. The van der Waals surface area contributed by atoms with Gasteiger partial charge >= 0.3 is 5.97 Å². The van der Waals surface area contributed by atoms with Gasteiger partial charge in [0.1, 0.15) is 0 Å². The zero-order valence-corrected chi connectivity index (χ0v) is 10.2. The van der Waals surface area contributed by atoms with Gasteiger partial charge in [-0.3, -0.25) is 4.79 Å². The Balaban J connectivity index is 2.71. The molecule has 0 spiro atoms. The van der Waals surface area contributed by atoms with E-state index >= 15 is 0 Å². The summed E-state index contributed by atoms with van der Waals surface area (Å²) in [6.45, 7) is 5.24. The first-order valence-corrected chi connectivity index (χ1v) is 6.10. The van der Waals surface area contributed by atoms with Crippen LogP contribution in [0.15, 0.2) is 0 Å². The lowest BCUT2D eigenvalue weighted by atomic mass is 9.80. The molecule has 1 aliphatic heterocycles. The van der Waals surface area contributed by atoms with Gasteiger partial charge in [0.25, 0.3) is 0 Å². The van der Waals surface area contributed by atoms with Crippen molar-refractivity contribution in [1.29, 1.82) is 0 Å². The van der Waals surface area contributed by atoms with Crippen molar-refractivity contribution < 1.29 is 19.4 Å². The molecule has 0 aliphatic carbocycles. The molecule has 0 aromatic heterocycles.